The van der Waals surface area contributed by atoms with E-state index in [1.54, 1.807) is 30.3 Å². The molecule has 0 spiro atoms. The van der Waals surface area contributed by atoms with Gasteiger partial charge in [-0.25, -0.2) is 0 Å². The number of ether oxygens (including phenoxy) is 1. The van der Waals surface area contributed by atoms with E-state index in [9.17, 15) is 9.59 Å². The average molecular weight is 367 g/mol. The van der Waals surface area contributed by atoms with Crippen LogP contribution in [-0.4, -0.2) is 31.5 Å². The van der Waals surface area contributed by atoms with E-state index in [4.69, 9.17) is 4.74 Å². The lowest BCUT2D eigenvalue weighted by molar-refractivity contribution is -0.114. The standard InChI is InChI=1S/C21H25N3O3/c1-3-13-22-21(26)16-5-7-18(8-6-16)24-20(25)15-23-17-9-11-19(12-10-17)27-14-4-2/h4-12,23H,2-3,13-15H2,1H3,(H,22,26)(H,24,25). The lowest BCUT2D eigenvalue weighted by Crippen LogP contribution is -2.24. The fourth-order valence-corrected chi connectivity index (χ4v) is 2.26. The number of anilines is 2. The molecule has 0 bridgehead atoms. The molecule has 142 valence electrons. The highest BCUT2D eigenvalue weighted by Gasteiger charge is 2.06. The predicted molar refractivity (Wildman–Crippen MR) is 108 cm³/mol. The number of rotatable bonds is 10. The molecule has 2 rings (SSSR count). The minimum Gasteiger partial charge on any atom is -0.490 e. The number of hydrogen-bond donors (Lipinski definition) is 3. The van der Waals surface area contributed by atoms with Crippen molar-refractivity contribution in [1.82, 2.24) is 5.32 Å². The van der Waals surface area contributed by atoms with Gasteiger partial charge in [0, 0.05) is 23.5 Å². The Morgan fingerprint density at radius 2 is 1.70 bits per heavy atom. The van der Waals surface area contributed by atoms with Crippen LogP contribution in [0.1, 0.15) is 23.7 Å². The minimum absolute atomic E-state index is 0.114. The van der Waals surface area contributed by atoms with Crippen LogP contribution in [0.5, 0.6) is 5.75 Å². The van der Waals surface area contributed by atoms with Gasteiger partial charge in [-0.3, -0.25) is 9.59 Å². The highest BCUT2D eigenvalue weighted by Crippen LogP contribution is 2.15. The topological polar surface area (TPSA) is 79.5 Å². The second-order valence-electron chi connectivity index (χ2n) is 5.86. The molecule has 2 aromatic rings. The maximum absolute atomic E-state index is 12.1. The second-order valence-corrected chi connectivity index (χ2v) is 5.86. The molecule has 0 aliphatic rings. The Morgan fingerprint density at radius 1 is 1.04 bits per heavy atom. The van der Waals surface area contributed by atoms with E-state index < -0.39 is 0 Å². The van der Waals surface area contributed by atoms with Crippen LogP contribution in [0.25, 0.3) is 0 Å². The summed E-state index contributed by atoms with van der Waals surface area (Å²) < 4.78 is 5.41. The summed E-state index contributed by atoms with van der Waals surface area (Å²) in [6.45, 7) is 6.82. The van der Waals surface area contributed by atoms with Gasteiger partial charge >= 0.3 is 0 Å². The largest absolute Gasteiger partial charge is 0.490 e. The Hall–Kier alpha value is -3.28. The normalized spacial score (nSPS) is 9.96. The highest BCUT2D eigenvalue weighted by molar-refractivity contribution is 5.96. The van der Waals surface area contributed by atoms with E-state index in [0.29, 0.717) is 24.4 Å². The number of carbonyl (C=O) groups is 2. The summed E-state index contributed by atoms with van der Waals surface area (Å²) in [5.41, 5.74) is 2.03. The maximum atomic E-state index is 12.1. The molecule has 0 fully saturated rings. The van der Waals surface area contributed by atoms with Crippen molar-refractivity contribution in [3.8, 4) is 5.75 Å². The Bertz CT molecular complexity index is 755. The van der Waals surface area contributed by atoms with E-state index >= 15 is 0 Å². The Kier molecular flexibility index (Phi) is 7.91. The molecule has 3 N–H and O–H groups in total. The zero-order chi connectivity index (χ0) is 19.5. The first-order chi connectivity index (χ1) is 13.1. The summed E-state index contributed by atoms with van der Waals surface area (Å²) in [7, 11) is 0. The van der Waals surface area contributed by atoms with E-state index in [0.717, 1.165) is 17.9 Å². The summed E-state index contributed by atoms with van der Waals surface area (Å²) in [5, 5.41) is 8.65. The van der Waals surface area contributed by atoms with Crippen molar-refractivity contribution in [3.05, 3.63) is 66.7 Å². The summed E-state index contributed by atoms with van der Waals surface area (Å²) in [4.78, 5) is 23.9. The number of hydrogen-bond acceptors (Lipinski definition) is 4. The molecule has 2 amide bonds. The lowest BCUT2D eigenvalue weighted by Gasteiger charge is -2.09. The first-order valence-corrected chi connectivity index (χ1v) is 8.88. The van der Waals surface area contributed by atoms with Crippen molar-refractivity contribution in [2.24, 2.45) is 0 Å². The van der Waals surface area contributed by atoms with E-state index in [1.807, 2.05) is 31.2 Å². The zero-order valence-electron chi connectivity index (χ0n) is 15.5. The highest BCUT2D eigenvalue weighted by atomic mass is 16.5. The van der Waals surface area contributed by atoms with E-state index in [-0.39, 0.29) is 18.4 Å². The predicted octanol–water partition coefficient (Wildman–Crippen LogP) is 3.44. The van der Waals surface area contributed by atoms with Crippen molar-refractivity contribution < 1.29 is 14.3 Å². The van der Waals surface area contributed by atoms with Gasteiger partial charge in [0.05, 0.1) is 6.54 Å². The number of amides is 2. The first-order valence-electron chi connectivity index (χ1n) is 8.88. The molecule has 0 radical (unpaired) electrons. The van der Waals surface area contributed by atoms with Crippen LogP contribution >= 0.6 is 0 Å². The molecular formula is C21H25N3O3. The third kappa shape index (κ3) is 6.86. The first kappa shape index (κ1) is 20.0. The third-order valence-corrected chi connectivity index (χ3v) is 3.64. The maximum Gasteiger partial charge on any atom is 0.251 e. The number of carbonyl (C=O) groups excluding carboxylic acids is 2. The van der Waals surface area contributed by atoms with Crippen LogP contribution in [-0.2, 0) is 4.79 Å². The van der Waals surface area contributed by atoms with Crippen LogP contribution < -0.4 is 20.7 Å². The summed E-state index contributed by atoms with van der Waals surface area (Å²) in [5.74, 6) is 0.454. The van der Waals surface area contributed by atoms with Gasteiger partial charge in [0.25, 0.3) is 5.91 Å². The van der Waals surface area contributed by atoms with Gasteiger partial charge in [-0.15, -0.1) is 0 Å². The molecule has 0 saturated carbocycles. The van der Waals surface area contributed by atoms with Crippen molar-refractivity contribution in [3.63, 3.8) is 0 Å². The van der Waals surface area contributed by atoms with Gasteiger partial charge in [-0.1, -0.05) is 19.6 Å². The van der Waals surface area contributed by atoms with Gasteiger partial charge in [-0.2, -0.15) is 0 Å². The van der Waals surface area contributed by atoms with Crippen LogP contribution in [0.15, 0.2) is 61.2 Å². The lowest BCUT2D eigenvalue weighted by atomic mass is 10.2. The summed E-state index contributed by atoms with van der Waals surface area (Å²) >= 11 is 0. The van der Waals surface area contributed by atoms with Gasteiger partial charge < -0.3 is 20.7 Å². The number of benzene rings is 2. The quantitative estimate of drug-likeness (QED) is 0.562. The van der Waals surface area contributed by atoms with Gasteiger partial charge in [-0.05, 0) is 55.0 Å². The third-order valence-electron chi connectivity index (χ3n) is 3.64. The molecule has 27 heavy (non-hydrogen) atoms. The summed E-state index contributed by atoms with van der Waals surface area (Å²) in [6.07, 6.45) is 2.57. The van der Waals surface area contributed by atoms with Crippen molar-refractivity contribution in [2.75, 3.05) is 30.3 Å². The molecule has 0 aliphatic heterocycles. The van der Waals surface area contributed by atoms with E-state index in [1.165, 1.54) is 0 Å². The molecule has 0 saturated heterocycles. The molecule has 2 aromatic carbocycles. The fourth-order valence-electron chi connectivity index (χ4n) is 2.26. The molecule has 0 aliphatic carbocycles. The Labute approximate surface area is 159 Å². The van der Waals surface area contributed by atoms with Crippen molar-refractivity contribution >= 4 is 23.2 Å². The van der Waals surface area contributed by atoms with Crippen molar-refractivity contribution in [2.45, 2.75) is 13.3 Å². The van der Waals surface area contributed by atoms with Gasteiger partial charge in [0.2, 0.25) is 5.91 Å². The van der Waals surface area contributed by atoms with Crippen LogP contribution in [0.3, 0.4) is 0 Å². The zero-order valence-corrected chi connectivity index (χ0v) is 15.5. The summed E-state index contributed by atoms with van der Waals surface area (Å²) in [6, 6.07) is 14.1. The molecule has 0 aromatic heterocycles. The van der Waals surface area contributed by atoms with E-state index in [2.05, 4.69) is 22.5 Å². The second kappa shape index (κ2) is 10.7. The minimum atomic E-state index is -0.176. The van der Waals surface area contributed by atoms with Crippen LogP contribution in [0.2, 0.25) is 0 Å². The smallest absolute Gasteiger partial charge is 0.251 e. The van der Waals surface area contributed by atoms with Crippen molar-refractivity contribution in [1.29, 1.82) is 0 Å². The number of nitrogens with one attached hydrogen (secondary N) is 3. The monoisotopic (exact) mass is 367 g/mol. The molecule has 0 unspecified atom stereocenters. The molecule has 6 heteroatoms. The molecule has 0 atom stereocenters. The Balaban J connectivity index is 1.79. The van der Waals surface area contributed by atoms with Crippen LogP contribution in [0.4, 0.5) is 11.4 Å². The van der Waals surface area contributed by atoms with Gasteiger partial charge in [0.15, 0.2) is 0 Å². The SMILES string of the molecule is C=CCOc1ccc(NCC(=O)Nc2ccc(C(=O)NCCC)cc2)cc1. The molecular weight excluding hydrogens is 342 g/mol. The molecule has 0 heterocycles. The van der Waals surface area contributed by atoms with Gasteiger partial charge in [0.1, 0.15) is 12.4 Å². The molecule has 6 nitrogen and oxygen atoms in total. The fraction of sp³-hybridized carbons (Fsp3) is 0.238. The Morgan fingerprint density at radius 3 is 2.33 bits per heavy atom. The average Bonchev–Trinajstić information content (AvgIpc) is 2.70. The van der Waals surface area contributed by atoms with Crippen LogP contribution in [0, 0.1) is 0 Å².